The van der Waals surface area contributed by atoms with Gasteiger partial charge in [0.15, 0.2) is 0 Å². The summed E-state index contributed by atoms with van der Waals surface area (Å²) in [5.74, 6) is 0. The SMILES string of the molecule is CCCCCC(C)(C)CN1CCCNCCC1. The minimum Gasteiger partial charge on any atom is -0.317 e. The van der Waals surface area contributed by atoms with Crippen molar-refractivity contribution in [3.63, 3.8) is 0 Å². The maximum absolute atomic E-state index is 3.49. The fourth-order valence-corrected chi connectivity index (χ4v) is 2.79. The molecular formula is C15H32N2. The van der Waals surface area contributed by atoms with Gasteiger partial charge in [0.2, 0.25) is 0 Å². The molecule has 1 aliphatic heterocycles. The summed E-state index contributed by atoms with van der Waals surface area (Å²) in [4.78, 5) is 2.69. The maximum atomic E-state index is 3.49. The van der Waals surface area contributed by atoms with E-state index in [-0.39, 0.29) is 0 Å². The van der Waals surface area contributed by atoms with Gasteiger partial charge in [-0.2, -0.15) is 0 Å². The molecule has 1 saturated heterocycles. The van der Waals surface area contributed by atoms with Crippen molar-refractivity contribution in [2.45, 2.75) is 59.3 Å². The van der Waals surface area contributed by atoms with Gasteiger partial charge in [0, 0.05) is 6.54 Å². The summed E-state index contributed by atoms with van der Waals surface area (Å²) < 4.78 is 0. The molecule has 0 aromatic heterocycles. The molecule has 0 aromatic rings. The third kappa shape index (κ3) is 7.05. The molecule has 102 valence electrons. The third-order valence-electron chi connectivity index (χ3n) is 3.76. The van der Waals surface area contributed by atoms with Crippen LogP contribution in [0.2, 0.25) is 0 Å². The van der Waals surface area contributed by atoms with Crippen LogP contribution in [0.4, 0.5) is 0 Å². The molecule has 1 heterocycles. The average molecular weight is 240 g/mol. The first-order chi connectivity index (χ1) is 8.14. The van der Waals surface area contributed by atoms with Crippen molar-refractivity contribution >= 4 is 0 Å². The topological polar surface area (TPSA) is 15.3 Å². The Morgan fingerprint density at radius 2 is 1.71 bits per heavy atom. The van der Waals surface area contributed by atoms with Gasteiger partial charge in [-0.05, 0) is 50.9 Å². The Kier molecular flexibility index (Phi) is 7.14. The van der Waals surface area contributed by atoms with Crippen LogP contribution in [0.1, 0.15) is 59.3 Å². The molecule has 1 fully saturated rings. The average Bonchev–Trinajstić information content (AvgIpc) is 2.22. The molecule has 1 rings (SSSR count). The highest BCUT2D eigenvalue weighted by atomic mass is 15.1. The molecule has 0 unspecified atom stereocenters. The molecule has 1 aliphatic rings. The van der Waals surface area contributed by atoms with Gasteiger partial charge in [-0.3, -0.25) is 0 Å². The van der Waals surface area contributed by atoms with E-state index in [2.05, 4.69) is 31.0 Å². The smallest absolute Gasteiger partial charge is 0.00327 e. The Balaban J connectivity index is 2.27. The fraction of sp³-hybridized carbons (Fsp3) is 1.00. The summed E-state index contributed by atoms with van der Waals surface area (Å²) in [6, 6.07) is 0. The summed E-state index contributed by atoms with van der Waals surface area (Å²) in [5.41, 5.74) is 0.502. The van der Waals surface area contributed by atoms with Gasteiger partial charge in [-0.15, -0.1) is 0 Å². The van der Waals surface area contributed by atoms with Crippen molar-refractivity contribution in [1.29, 1.82) is 0 Å². The standard InChI is InChI=1S/C15H32N2/c1-4-5-6-9-15(2,3)14-17-12-7-10-16-11-8-13-17/h16H,4-14H2,1-3H3. The highest BCUT2D eigenvalue weighted by Crippen LogP contribution is 2.25. The van der Waals surface area contributed by atoms with Crippen LogP contribution in [0.5, 0.6) is 0 Å². The van der Waals surface area contributed by atoms with E-state index in [1.807, 2.05) is 0 Å². The first kappa shape index (κ1) is 15.0. The molecule has 1 N–H and O–H groups in total. The van der Waals surface area contributed by atoms with Crippen LogP contribution in [-0.4, -0.2) is 37.6 Å². The number of hydrogen-bond donors (Lipinski definition) is 1. The molecule has 0 spiro atoms. The lowest BCUT2D eigenvalue weighted by atomic mass is 9.86. The van der Waals surface area contributed by atoms with Gasteiger partial charge in [0.05, 0.1) is 0 Å². The van der Waals surface area contributed by atoms with Crippen molar-refractivity contribution in [3.8, 4) is 0 Å². The zero-order valence-electron chi connectivity index (χ0n) is 12.2. The van der Waals surface area contributed by atoms with Crippen molar-refractivity contribution in [1.82, 2.24) is 10.2 Å². The summed E-state index contributed by atoms with van der Waals surface area (Å²) in [6.45, 7) is 13.4. The van der Waals surface area contributed by atoms with Crippen molar-refractivity contribution in [3.05, 3.63) is 0 Å². The molecule has 0 amide bonds. The Morgan fingerprint density at radius 1 is 1.06 bits per heavy atom. The minimum absolute atomic E-state index is 0.502. The first-order valence-electron chi connectivity index (χ1n) is 7.57. The van der Waals surface area contributed by atoms with Crippen molar-refractivity contribution in [2.75, 3.05) is 32.7 Å². The highest BCUT2D eigenvalue weighted by Gasteiger charge is 2.21. The van der Waals surface area contributed by atoms with Crippen LogP contribution in [0.25, 0.3) is 0 Å². The zero-order chi connectivity index (χ0) is 12.6. The summed E-state index contributed by atoms with van der Waals surface area (Å²) >= 11 is 0. The van der Waals surface area contributed by atoms with Gasteiger partial charge in [0.25, 0.3) is 0 Å². The van der Waals surface area contributed by atoms with Gasteiger partial charge in [0.1, 0.15) is 0 Å². The van der Waals surface area contributed by atoms with Crippen molar-refractivity contribution < 1.29 is 0 Å². The van der Waals surface area contributed by atoms with E-state index in [0.717, 1.165) is 0 Å². The van der Waals surface area contributed by atoms with E-state index >= 15 is 0 Å². The molecule has 17 heavy (non-hydrogen) atoms. The summed E-state index contributed by atoms with van der Waals surface area (Å²) in [7, 11) is 0. The number of nitrogens with one attached hydrogen (secondary N) is 1. The van der Waals surface area contributed by atoms with Crippen LogP contribution < -0.4 is 5.32 Å². The van der Waals surface area contributed by atoms with Crippen LogP contribution >= 0.6 is 0 Å². The van der Waals surface area contributed by atoms with E-state index in [0.29, 0.717) is 5.41 Å². The van der Waals surface area contributed by atoms with Gasteiger partial charge < -0.3 is 10.2 Å². The summed E-state index contributed by atoms with van der Waals surface area (Å²) in [6.07, 6.45) is 8.14. The van der Waals surface area contributed by atoms with E-state index in [9.17, 15) is 0 Å². The third-order valence-corrected chi connectivity index (χ3v) is 3.76. The van der Waals surface area contributed by atoms with Crippen molar-refractivity contribution in [2.24, 2.45) is 5.41 Å². The second-order valence-corrected chi connectivity index (χ2v) is 6.35. The second-order valence-electron chi connectivity index (χ2n) is 6.35. The van der Waals surface area contributed by atoms with Gasteiger partial charge in [-0.1, -0.05) is 40.0 Å². The highest BCUT2D eigenvalue weighted by molar-refractivity contribution is 4.75. The number of rotatable bonds is 6. The lowest BCUT2D eigenvalue weighted by molar-refractivity contribution is 0.157. The molecular weight excluding hydrogens is 208 g/mol. The molecule has 0 aliphatic carbocycles. The predicted octanol–water partition coefficient (Wildman–Crippen LogP) is 3.28. The Morgan fingerprint density at radius 3 is 2.29 bits per heavy atom. The lowest BCUT2D eigenvalue weighted by Gasteiger charge is -2.34. The number of nitrogens with zero attached hydrogens (tertiary/aromatic N) is 1. The normalized spacial score (nSPS) is 19.9. The Labute approximate surface area is 108 Å². The Bertz CT molecular complexity index is 181. The lowest BCUT2D eigenvalue weighted by Crippen LogP contribution is -2.39. The predicted molar refractivity (Wildman–Crippen MR) is 76.5 cm³/mol. The van der Waals surface area contributed by atoms with Gasteiger partial charge in [-0.25, -0.2) is 0 Å². The second kappa shape index (κ2) is 8.10. The van der Waals surface area contributed by atoms with Crippen LogP contribution in [0, 0.1) is 5.41 Å². The van der Waals surface area contributed by atoms with Crippen LogP contribution in [-0.2, 0) is 0 Å². The maximum Gasteiger partial charge on any atom is 0.00327 e. The minimum atomic E-state index is 0.502. The first-order valence-corrected chi connectivity index (χ1v) is 7.57. The van der Waals surface area contributed by atoms with E-state index in [1.54, 1.807) is 0 Å². The Hall–Kier alpha value is -0.0800. The number of hydrogen-bond acceptors (Lipinski definition) is 2. The molecule has 0 radical (unpaired) electrons. The molecule has 0 atom stereocenters. The monoisotopic (exact) mass is 240 g/mol. The van der Waals surface area contributed by atoms with Crippen LogP contribution in [0.3, 0.4) is 0 Å². The summed E-state index contributed by atoms with van der Waals surface area (Å²) in [5, 5.41) is 3.49. The fourth-order valence-electron chi connectivity index (χ4n) is 2.79. The molecule has 2 heteroatoms. The number of unbranched alkanes of at least 4 members (excludes halogenated alkanes) is 2. The van der Waals surface area contributed by atoms with E-state index < -0.39 is 0 Å². The quantitative estimate of drug-likeness (QED) is 0.717. The molecule has 0 bridgehead atoms. The van der Waals surface area contributed by atoms with Gasteiger partial charge >= 0.3 is 0 Å². The van der Waals surface area contributed by atoms with E-state index in [1.165, 1.54) is 71.2 Å². The molecule has 0 aromatic carbocycles. The van der Waals surface area contributed by atoms with E-state index in [4.69, 9.17) is 0 Å². The molecule has 2 nitrogen and oxygen atoms in total. The van der Waals surface area contributed by atoms with Crippen LogP contribution in [0.15, 0.2) is 0 Å². The zero-order valence-corrected chi connectivity index (χ0v) is 12.2. The largest absolute Gasteiger partial charge is 0.317 e. The molecule has 0 saturated carbocycles.